The van der Waals surface area contributed by atoms with Crippen molar-refractivity contribution < 1.29 is 23.4 Å². The molecular weight excluding hydrogens is 494 g/mol. The molecular formula is C29H26ClNO6. The summed E-state index contributed by atoms with van der Waals surface area (Å²) < 4.78 is 22.9. The molecule has 4 aromatic rings. The fourth-order valence-electron chi connectivity index (χ4n) is 4.62. The Morgan fingerprint density at radius 2 is 1.78 bits per heavy atom. The zero-order valence-electron chi connectivity index (χ0n) is 20.7. The van der Waals surface area contributed by atoms with Crippen LogP contribution in [0.25, 0.3) is 11.0 Å². The van der Waals surface area contributed by atoms with E-state index in [1.165, 1.54) is 0 Å². The predicted molar refractivity (Wildman–Crippen MR) is 141 cm³/mol. The summed E-state index contributed by atoms with van der Waals surface area (Å²) in [4.78, 5) is 28.8. The van der Waals surface area contributed by atoms with Crippen LogP contribution in [0, 0.1) is 6.92 Å². The van der Waals surface area contributed by atoms with Crippen LogP contribution in [0.3, 0.4) is 0 Å². The topological polar surface area (TPSA) is 78.2 Å². The Balaban J connectivity index is 1.60. The van der Waals surface area contributed by atoms with Crippen molar-refractivity contribution in [2.24, 2.45) is 0 Å². The molecule has 7 nitrogen and oxygen atoms in total. The van der Waals surface area contributed by atoms with E-state index in [2.05, 4.69) is 0 Å². The van der Waals surface area contributed by atoms with Gasteiger partial charge in [0.05, 0.1) is 30.7 Å². The Morgan fingerprint density at radius 3 is 2.51 bits per heavy atom. The van der Waals surface area contributed by atoms with Crippen molar-refractivity contribution in [3.8, 4) is 11.5 Å². The molecule has 5 rings (SSSR count). The van der Waals surface area contributed by atoms with Gasteiger partial charge in [0.1, 0.15) is 12.2 Å². The lowest BCUT2D eigenvalue weighted by molar-refractivity contribution is 0.0663. The summed E-state index contributed by atoms with van der Waals surface area (Å²) in [6.45, 7) is 2.76. The molecule has 0 N–H and O–H groups in total. The van der Waals surface area contributed by atoms with Gasteiger partial charge in [0.25, 0.3) is 5.91 Å². The molecule has 3 aromatic carbocycles. The minimum absolute atomic E-state index is 0.0312. The third-order valence-electron chi connectivity index (χ3n) is 6.52. The SMILES string of the molecule is COCCN1C(=O)c2oc3cc(C)c(Cl)cc3c(=O)c2C1c1ccc(OCc2ccccc2)c(OC)c1. The minimum Gasteiger partial charge on any atom is -0.493 e. The van der Waals surface area contributed by atoms with E-state index in [0.29, 0.717) is 46.3 Å². The summed E-state index contributed by atoms with van der Waals surface area (Å²) in [5, 5.41) is 0.786. The number of nitrogens with zero attached hydrogens (tertiary/aromatic N) is 1. The summed E-state index contributed by atoms with van der Waals surface area (Å²) in [6, 6.07) is 17.8. The highest BCUT2D eigenvalue weighted by atomic mass is 35.5. The van der Waals surface area contributed by atoms with Gasteiger partial charge in [-0.1, -0.05) is 48.0 Å². The summed E-state index contributed by atoms with van der Waals surface area (Å²) >= 11 is 6.32. The molecule has 0 radical (unpaired) electrons. The number of fused-ring (bicyclic) bond motifs is 2. The van der Waals surface area contributed by atoms with Crippen molar-refractivity contribution in [2.45, 2.75) is 19.6 Å². The lowest BCUT2D eigenvalue weighted by Crippen LogP contribution is -2.32. The highest BCUT2D eigenvalue weighted by Crippen LogP contribution is 2.41. The molecule has 1 aromatic heterocycles. The molecule has 0 fully saturated rings. The summed E-state index contributed by atoms with van der Waals surface area (Å²) in [5.74, 6) is 0.705. The molecule has 1 atom stereocenters. The number of benzene rings is 3. The van der Waals surface area contributed by atoms with Gasteiger partial charge in [-0.2, -0.15) is 0 Å². The second-order valence-corrected chi connectivity index (χ2v) is 9.26. The first-order chi connectivity index (χ1) is 17.9. The average molecular weight is 520 g/mol. The van der Waals surface area contributed by atoms with Crippen LogP contribution in [0.1, 0.15) is 38.9 Å². The summed E-state index contributed by atoms with van der Waals surface area (Å²) in [6.07, 6.45) is 0. The lowest BCUT2D eigenvalue weighted by Gasteiger charge is -2.25. The smallest absolute Gasteiger partial charge is 0.290 e. The molecule has 37 heavy (non-hydrogen) atoms. The fourth-order valence-corrected chi connectivity index (χ4v) is 4.78. The highest BCUT2D eigenvalue weighted by molar-refractivity contribution is 6.32. The monoisotopic (exact) mass is 519 g/mol. The highest BCUT2D eigenvalue weighted by Gasteiger charge is 2.42. The molecule has 0 saturated heterocycles. The van der Waals surface area contributed by atoms with Gasteiger partial charge in [-0.05, 0) is 47.9 Å². The Morgan fingerprint density at radius 1 is 1.00 bits per heavy atom. The largest absolute Gasteiger partial charge is 0.493 e. The van der Waals surface area contributed by atoms with Gasteiger partial charge in [0, 0.05) is 18.7 Å². The van der Waals surface area contributed by atoms with E-state index < -0.39 is 6.04 Å². The zero-order valence-corrected chi connectivity index (χ0v) is 21.5. The standard InChI is InChI=1S/C29H26ClNO6/c1-17-13-23-20(15-21(17)30)27(32)25-26(31(11-12-34-2)29(33)28(25)37-23)19-9-10-22(24(14-19)35-3)36-16-18-7-5-4-6-8-18/h4-10,13-15,26H,11-12,16H2,1-3H3. The second-order valence-electron chi connectivity index (χ2n) is 8.85. The molecule has 2 heterocycles. The maximum Gasteiger partial charge on any atom is 0.290 e. The van der Waals surface area contributed by atoms with Crippen LogP contribution in [-0.4, -0.2) is 38.2 Å². The Hall–Kier alpha value is -3.81. The number of hydrogen-bond acceptors (Lipinski definition) is 6. The number of aryl methyl sites for hydroxylation is 1. The fraction of sp³-hybridized carbons (Fsp3) is 0.241. The van der Waals surface area contributed by atoms with Crippen LogP contribution in [0.15, 0.2) is 69.9 Å². The quantitative estimate of drug-likeness (QED) is 0.304. The molecule has 1 unspecified atom stereocenters. The number of rotatable bonds is 8. The van der Waals surface area contributed by atoms with Crippen LogP contribution in [0.2, 0.25) is 5.02 Å². The second kappa shape index (κ2) is 10.3. The van der Waals surface area contributed by atoms with Gasteiger partial charge in [-0.3, -0.25) is 9.59 Å². The van der Waals surface area contributed by atoms with E-state index in [1.807, 2.05) is 43.3 Å². The maximum atomic E-state index is 13.7. The van der Waals surface area contributed by atoms with Crippen molar-refractivity contribution in [1.29, 1.82) is 0 Å². The third kappa shape index (κ3) is 4.56. The summed E-state index contributed by atoms with van der Waals surface area (Å²) in [5.41, 5.74) is 2.78. The number of carbonyl (C=O) groups is 1. The lowest BCUT2D eigenvalue weighted by atomic mass is 9.98. The van der Waals surface area contributed by atoms with Gasteiger partial charge in [-0.25, -0.2) is 0 Å². The van der Waals surface area contributed by atoms with Crippen LogP contribution in [0.4, 0.5) is 0 Å². The van der Waals surface area contributed by atoms with Crippen molar-refractivity contribution >= 4 is 28.5 Å². The first kappa shape index (κ1) is 24.9. The zero-order chi connectivity index (χ0) is 26.1. The van der Waals surface area contributed by atoms with Crippen molar-refractivity contribution in [1.82, 2.24) is 4.90 Å². The molecule has 1 aliphatic rings. The Labute approximate surface area is 219 Å². The molecule has 8 heteroatoms. The number of halogens is 1. The maximum absolute atomic E-state index is 13.7. The van der Waals surface area contributed by atoms with E-state index in [4.69, 9.17) is 30.2 Å². The Kier molecular flexibility index (Phi) is 6.91. The number of methoxy groups -OCH3 is 2. The van der Waals surface area contributed by atoms with E-state index in [9.17, 15) is 9.59 Å². The van der Waals surface area contributed by atoms with Crippen molar-refractivity contribution in [2.75, 3.05) is 27.4 Å². The van der Waals surface area contributed by atoms with Crippen molar-refractivity contribution in [3.05, 3.63) is 104 Å². The van der Waals surface area contributed by atoms with Gasteiger partial charge < -0.3 is 23.5 Å². The normalized spacial score (nSPS) is 14.8. The molecule has 0 bridgehead atoms. The van der Waals surface area contributed by atoms with E-state index in [-0.39, 0.29) is 29.2 Å². The summed E-state index contributed by atoms with van der Waals surface area (Å²) in [7, 11) is 3.12. The molecule has 0 aliphatic carbocycles. The number of carbonyl (C=O) groups excluding carboxylic acids is 1. The molecule has 0 spiro atoms. The number of amides is 1. The minimum atomic E-state index is -0.685. The molecule has 0 saturated carbocycles. The number of ether oxygens (including phenoxy) is 3. The molecule has 1 aliphatic heterocycles. The number of hydrogen-bond donors (Lipinski definition) is 0. The van der Waals surface area contributed by atoms with Crippen molar-refractivity contribution in [3.63, 3.8) is 0 Å². The van der Waals surface area contributed by atoms with E-state index in [1.54, 1.807) is 43.4 Å². The van der Waals surface area contributed by atoms with Gasteiger partial charge in [0.15, 0.2) is 16.9 Å². The first-order valence-electron chi connectivity index (χ1n) is 11.8. The van der Waals surface area contributed by atoms with Crippen LogP contribution in [0.5, 0.6) is 11.5 Å². The Bertz CT molecular complexity index is 1530. The molecule has 1 amide bonds. The van der Waals surface area contributed by atoms with Crippen LogP contribution < -0.4 is 14.9 Å². The third-order valence-corrected chi connectivity index (χ3v) is 6.93. The predicted octanol–water partition coefficient (Wildman–Crippen LogP) is 5.53. The van der Waals surface area contributed by atoms with Gasteiger partial charge >= 0.3 is 0 Å². The average Bonchev–Trinajstić information content (AvgIpc) is 3.19. The van der Waals surface area contributed by atoms with Crippen LogP contribution in [-0.2, 0) is 11.3 Å². The van der Waals surface area contributed by atoms with Gasteiger partial charge in [0.2, 0.25) is 5.76 Å². The van der Waals surface area contributed by atoms with E-state index in [0.717, 1.165) is 11.1 Å². The van der Waals surface area contributed by atoms with Crippen LogP contribution >= 0.6 is 11.6 Å². The van der Waals surface area contributed by atoms with Gasteiger partial charge in [-0.15, -0.1) is 0 Å². The first-order valence-corrected chi connectivity index (χ1v) is 12.2. The van der Waals surface area contributed by atoms with E-state index >= 15 is 0 Å². The molecule has 190 valence electrons.